The Morgan fingerprint density at radius 3 is 1.48 bits per heavy atom. The molecule has 0 radical (unpaired) electrons. The number of hydrogen-bond donors (Lipinski definition) is 0. The van der Waals surface area contributed by atoms with Gasteiger partial charge in [0.05, 0.1) is 0 Å². The van der Waals surface area contributed by atoms with E-state index in [1.54, 1.807) is 3.81 Å². The second-order valence-corrected chi connectivity index (χ2v) is 11.8. The zero-order valence-corrected chi connectivity index (χ0v) is 23.9. The van der Waals surface area contributed by atoms with Gasteiger partial charge in [-0.15, -0.1) is 46.2 Å². The molecule has 0 atom stereocenters. The molecule has 5 rings (SSSR count). The Hall–Kier alpha value is -1.05. The van der Waals surface area contributed by atoms with Gasteiger partial charge in [-0.3, -0.25) is 6.08 Å². The standard InChI is InChI=1S/C21H25.C5H5.C4H6.2ClH.Ti/c1-20(2,3)16-9-7-14-11-15-8-10-17(21(4,5)6)13-19(15)18(14)12-16;1-2-4-5-3-1;1-2-4-3-1;;;/h7-13H,1-6H3;1-3H,4H2;1-3H2;2*1H;/q2*-1;;;;+2/p-2. The molecule has 1 saturated carbocycles. The van der Waals surface area contributed by atoms with Gasteiger partial charge in [0.2, 0.25) is 0 Å². The fourth-order valence-electron chi connectivity index (χ4n) is 3.63. The third-order valence-electron chi connectivity index (χ3n) is 5.98. The van der Waals surface area contributed by atoms with E-state index in [2.05, 4.69) is 116 Å². The van der Waals surface area contributed by atoms with Crippen molar-refractivity contribution < 1.29 is 44.8 Å². The minimum absolute atomic E-state index is 0. The van der Waals surface area contributed by atoms with Gasteiger partial charge in [-0.2, -0.15) is 6.08 Å². The summed E-state index contributed by atoms with van der Waals surface area (Å²) in [5.41, 5.74) is 3.20. The van der Waals surface area contributed by atoms with Crippen LogP contribution in [0, 0.1) is 6.08 Å². The molecule has 0 unspecified atom stereocenters. The molecule has 0 bridgehead atoms. The fourth-order valence-corrected chi connectivity index (χ4v) is 4.18. The summed E-state index contributed by atoms with van der Waals surface area (Å²) in [6.07, 6.45) is 14.3. The summed E-state index contributed by atoms with van der Waals surface area (Å²) in [7, 11) is 0. The zero-order chi connectivity index (χ0) is 22.6. The number of hydrogen-bond acceptors (Lipinski definition) is 0. The molecule has 3 aromatic carbocycles. The van der Waals surface area contributed by atoms with Crippen molar-refractivity contribution in [3.63, 3.8) is 0 Å². The van der Waals surface area contributed by atoms with Crippen LogP contribution in [-0.4, -0.2) is 3.81 Å². The summed E-state index contributed by atoms with van der Waals surface area (Å²) in [5, 5.41) is 5.49. The van der Waals surface area contributed by atoms with E-state index in [1.165, 1.54) is 51.9 Å². The second-order valence-electron chi connectivity index (χ2n) is 10.7. The number of allylic oxidation sites excluding steroid dienone is 4. The van der Waals surface area contributed by atoms with Crippen LogP contribution in [0.5, 0.6) is 0 Å². The van der Waals surface area contributed by atoms with Gasteiger partial charge in [-0.05, 0) is 10.8 Å². The van der Waals surface area contributed by atoms with Crippen molar-refractivity contribution in [2.24, 2.45) is 0 Å². The number of halogens is 2. The summed E-state index contributed by atoms with van der Waals surface area (Å²) >= 11 is 2.23. The van der Waals surface area contributed by atoms with E-state index >= 15 is 0 Å². The van der Waals surface area contributed by atoms with Crippen LogP contribution < -0.4 is 24.8 Å². The molecule has 0 nitrogen and oxygen atoms in total. The van der Waals surface area contributed by atoms with Gasteiger partial charge >= 0.3 is 43.0 Å². The van der Waals surface area contributed by atoms with Gasteiger partial charge in [-0.25, -0.2) is 12.2 Å². The van der Waals surface area contributed by atoms with Gasteiger partial charge in [0, 0.05) is 0 Å². The summed E-state index contributed by atoms with van der Waals surface area (Å²) < 4.78 is 1.69. The van der Waals surface area contributed by atoms with E-state index in [1.807, 2.05) is 12.2 Å². The van der Waals surface area contributed by atoms with E-state index in [9.17, 15) is 0 Å². The van der Waals surface area contributed by atoms with Crippen LogP contribution >= 0.6 is 0 Å². The van der Waals surface area contributed by atoms with Gasteiger partial charge in [0.15, 0.2) is 0 Å². The number of fused-ring (bicyclic) bond motifs is 3. The molecule has 0 spiro atoms. The van der Waals surface area contributed by atoms with Crippen LogP contribution in [-0.2, 0) is 30.8 Å². The molecule has 0 amide bonds. The minimum atomic E-state index is 0. The molecule has 0 heterocycles. The van der Waals surface area contributed by atoms with Gasteiger partial charge in [-0.1, -0.05) is 76.9 Å². The second kappa shape index (κ2) is 12.6. The molecule has 0 N–H and O–H groups in total. The van der Waals surface area contributed by atoms with E-state index in [4.69, 9.17) is 0 Å². The normalized spacial score (nSPS) is 14.5. The number of rotatable bonds is 0. The van der Waals surface area contributed by atoms with Crippen LogP contribution in [0.4, 0.5) is 0 Å². The predicted octanol–water partition coefficient (Wildman–Crippen LogP) is 2.51. The van der Waals surface area contributed by atoms with Crippen LogP contribution in [0.25, 0.3) is 21.5 Å². The molecule has 1 fully saturated rings. The first-order valence-corrected chi connectivity index (χ1v) is 12.3. The van der Waals surface area contributed by atoms with Crippen LogP contribution in [0.3, 0.4) is 0 Å². The van der Waals surface area contributed by atoms with Crippen molar-refractivity contribution in [2.45, 2.75) is 78.1 Å². The quantitative estimate of drug-likeness (QED) is 0.319. The summed E-state index contributed by atoms with van der Waals surface area (Å²) in [6, 6.07) is 16.1. The van der Waals surface area contributed by atoms with E-state index < -0.39 is 0 Å². The average molecular weight is 515 g/mol. The van der Waals surface area contributed by atoms with Crippen molar-refractivity contribution in [2.75, 3.05) is 0 Å². The maximum atomic E-state index is 2.99. The zero-order valence-electron chi connectivity index (χ0n) is 20.9. The van der Waals surface area contributed by atoms with Crippen molar-refractivity contribution in [3.05, 3.63) is 77.9 Å². The molecule has 2 aliphatic carbocycles. The van der Waals surface area contributed by atoms with Crippen molar-refractivity contribution in [1.82, 2.24) is 0 Å². The van der Waals surface area contributed by atoms with E-state index in [-0.39, 0.29) is 35.6 Å². The number of benzene rings is 2. The van der Waals surface area contributed by atoms with Gasteiger partial charge in [0.1, 0.15) is 0 Å². The molecule has 0 saturated heterocycles. The molecular weight excluding hydrogens is 479 g/mol. The summed E-state index contributed by atoms with van der Waals surface area (Å²) in [6.45, 7) is 13.7. The van der Waals surface area contributed by atoms with Gasteiger partial charge in [0.25, 0.3) is 0 Å². The van der Waals surface area contributed by atoms with Crippen LogP contribution in [0.15, 0.2) is 60.7 Å². The van der Waals surface area contributed by atoms with Crippen LogP contribution in [0.2, 0.25) is 0 Å². The molecule has 3 aromatic rings. The first kappa shape index (κ1) is 30.0. The first-order chi connectivity index (χ1) is 14.6. The average Bonchev–Trinajstić information content (AvgIpc) is 3.36. The SMILES string of the molecule is CC(C)(C)c1ccc2[cH-]c3ccc(C(C)(C)C)cc3c2c1.[C-]1=CC=CC1.[Cl-].[Cl-].[Ti+2]=[C]1CCC1. The summed E-state index contributed by atoms with van der Waals surface area (Å²) in [5.74, 6) is 0. The third-order valence-corrected chi connectivity index (χ3v) is 6.76. The Kier molecular flexibility index (Phi) is 11.4. The Bertz CT molecular complexity index is 1030. The Balaban J connectivity index is 0.000000375. The first-order valence-electron chi connectivity index (χ1n) is 11.5. The third kappa shape index (κ3) is 8.29. The van der Waals surface area contributed by atoms with Crippen LogP contribution in [0.1, 0.15) is 78.4 Å². The maximum absolute atomic E-state index is 2.99. The molecular formula is C30H36Cl2Ti-2. The molecule has 3 heteroatoms. The molecule has 33 heavy (non-hydrogen) atoms. The monoisotopic (exact) mass is 514 g/mol. The molecule has 176 valence electrons. The fraction of sp³-hybridized carbons (Fsp3) is 0.400. The Labute approximate surface area is 225 Å². The topological polar surface area (TPSA) is 0 Å². The van der Waals surface area contributed by atoms with E-state index in [0.717, 1.165) is 6.42 Å². The molecule has 0 aliphatic heterocycles. The van der Waals surface area contributed by atoms with Gasteiger partial charge < -0.3 is 24.8 Å². The van der Waals surface area contributed by atoms with E-state index in [0.29, 0.717) is 0 Å². The van der Waals surface area contributed by atoms with Crippen molar-refractivity contribution in [3.8, 4) is 0 Å². The molecule has 0 aromatic heterocycles. The van der Waals surface area contributed by atoms with Crippen molar-refractivity contribution >= 4 is 25.4 Å². The molecule has 2 aliphatic rings. The van der Waals surface area contributed by atoms with Crippen molar-refractivity contribution in [1.29, 1.82) is 0 Å². The Morgan fingerprint density at radius 2 is 1.24 bits per heavy atom. The summed E-state index contributed by atoms with van der Waals surface area (Å²) in [4.78, 5) is 0. The predicted molar refractivity (Wildman–Crippen MR) is 135 cm³/mol. The Morgan fingerprint density at radius 1 is 0.788 bits per heavy atom.